The Bertz CT molecular complexity index is 1180. The van der Waals surface area contributed by atoms with Crippen LogP contribution in [-0.4, -0.2) is 21.7 Å². The molecule has 2 aromatic rings. The molecule has 3 heterocycles. The smallest absolute Gasteiger partial charge is 0.219 e. The molecule has 0 amide bonds. The lowest BCUT2D eigenvalue weighted by atomic mass is 9.68. The molecule has 6 nitrogen and oxygen atoms in total. The fourth-order valence-electron chi connectivity index (χ4n) is 4.52. The molecule has 0 radical (unpaired) electrons. The molecule has 0 saturated heterocycles. The van der Waals surface area contributed by atoms with Crippen LogP contribution in [-0.2, 0) is 4.79 Å². The number of allylic oxidation sites excluding steroid dienone is 3. The molecule has 2 N–H and O–H groups in total. The van der Waals surface area contributed by atoms with Gasteiger partial charge in [-0.2, -0.15) is 5.26 Å². The number of carbonyl (C=O) groups is 1. The molecule has 9 heteroatoms. The van der Waals surface area contributed by atoms with Crippen LogP contribution in [0.2, 0.25) is 0 Å². The standard InChI is InChI=1S/C23H27N5OS3/c1-6-7-30-22-27-26-21(32-22)28-16-9-23(4,5)10-17(29)19(16)18(15(11-24)20(28)25)14-8-12(2)31-13(14)3/h8,18H,6-7,9-10,25H2,1-5H3. The maximum absolute atomic E-state index is 13.5. The van der Waals surface area contributed by atoms with Crippen LogP contribution in [0.3, 0.4) is 0 Å². The summed E-state index contributed by atoms with van der Waals surface area (Å²) < 4.78 is 0.864. The minimum atomic E-state index is -0.429. The number of nitrogens with zero attached hydrogens (tertiary/aromatic N) is 4. The van der Waals surface area contributed by atoms with Gasteiger partial charge in [-0.1, -0.05) is 43.9 Å². The van der Waals surface area contributed by atoms with Crippen molar-refractivity contribution in [2.75, 3.05) is 10.7 Å². The van der Waals surface area contributed by atoms with Crippen molar-refractivity contribution in [2.24, 2.45) is 11.1 Å². The van der Waals surface area contributed by atoms with Gasteiger partial charge in [-0.15, -0.1) is 21.5 Å². The van der Waals surface area contributed by atoms with Gasteiger partial charge in [0.15, 0.2) is 10.1 Å². The lowest BCUT2D eigenvalue weighted by Crippen LogP contribution is -2.42. The van der Waals surface area contributed by atoms with Crippen molar-refractivity contribution in [1.82, 2.24) is 10.2 Å². The Labute approximate surface area is 201 Å². The molecule has 2 aromatic heterocycles. The van der Waals surface area contributed by atoms with Gasteiger partial charge in [-0.25, -0.2) is 0 Å². The number of rotatable bonds is 5. The Balaban J connectivity index is 1.92. The highest BCUT2D eigenvalue weighted by Crippen LogP contribution is 2.51. The van der Waals surface area contributed by atoms with E-state index in [-0.39, 0.29) is 11.2 Å². The van der Waals surface area contributed by atoms with E-state index in [4.69, 9.17) is 5.73 Å². The quantitative estimate of drug-likeness (QED) is 0.546. The highest BCUT2D eigenvalue weighted by molar-refractivity contribution is 8.01. The van der Waals surface area contributed by atoms with Gasteiger partial charge in [0.25, 0.3) is 0 Å². The summed E-state index contributed by atoms with van der Waals surface area (Å²) in [6.07, 6.45) is 2.18. The predicted octanol–water partition coefficient (Wildman–Crippen LogP) is 5.66. The van der Waals surface area contributed by atoms with Gasteiger partial charge < -0.3 is 5.73 Å². The first-order valence-electron chi connectivity index (χ1n) is 10.7. The number of aromatic nitrogens is 2. The average molecular weight is 486 g/mol. The van der Waals surface area contributed by atoms with Gasteiger partial charge in [0.2, 0.25) is 5.13 Å². The first-order valence-corrected chi connectivity index (χ1v) is 13.3. The van der Waals surface area contributed by atoms with Crippen LogP contribution in [0.4, 0.5) is 5.13 Å². The van der Waals surface area contributed by atoms with E-state index in [1.165, 1.54) is 11.3 Å². The number of aryl methyl sites for hydroxylation is 2. The number of nitriles is 1. The van der Waals surface area contributed by atoms with Crippen molar-refractivity contribution in [1.29, 1.82) is 5.26 Å². The van der Waals surface area contributed by atoms with Gasteiger partial charge in [-0.05, 0) is 43.7 Å². The molecule has 1 aliphatic carbocycles. The highest BCUT2D eigenvalue weighted by atomic mass is 32.2. The lowest BCUT2D eigenvalue weighted by Gasteiger charge is -2.42. The summed E-state index contributed by atoms with van der Waals surface area (Å²) in [5.74, 6) is 0.969. The van der Waals surface area contributed by atoms with Crippen molar-refractivity contribution < 1.29 is 4.79 Å². The topological polar surface area (TPSA) is 95.9 Å². The van der Waals surface area contributed by atoms with Gasteiger partial charge >= 0.3 is 0 Å². The van der Waals surface area contributed by atoms with Crippen molar-refractivity contribution >= 4 is 45.4 Å². The first-order chi connectivity index (χ1) is 15.2. The predicted molar refractivity (Wildman–Crippen MR) is 132 cm³/mol. The lowest BCUT2D eigenvalue weighted by molar-refractivity contribution is -0.118. The Morgan fingerprint density at radius 1 is 1.31 bits per heavy atom. The van der Waals surface area contributed by atoms with Gasteiger partial charge in [0.1, 0.15) is 5.82 Å². The normalized spacial score (nSPS) is 20.6. The van der Waals surface area contributed by atoms with E-state index in [1.54, 1.807) is 23.1 Å². The molecule has 1 atom stereocenters. The molecule has 32 heavy (non-hydrogen) atoms. The SMILES string of the molecule is CCCSc1nnc(N2C(N)=C(C#N)C(c3cc(C)sc3C)C3=C2CC(C)(C)CC3=O)s1. The molecule has 0 spiro atoms. The van der Waals surface area contributed by atoms with Crippen LogP contribution in [0.25, 0.3) is 0 Å². The molecule has 1 aliphatic heterocycles. The fraction of sp³-hybridized carbons (Fsp3) is 0.478. The van der Waals surface area contributed by atoms with E-state index in [1.807, 2.05) is 18.7 Å². The Morgan fingerprint density at radius 2 is 2.06 bits per heavy atom. The summed E-state index contributed by atoms with van der Waals surface area (Å²) >= 11 is 4.80. The fourth-order valence-corrected chi connectivity index (χ4v) is 7.29. The number of anilines is 1. The summed E-state index contributed by atoms with van der Waals surface area (Å²) in [7, 11) is 0. The molecular formula is C23H27N5OS3. The maximum Gasteiger partial charge on any atom is 0.219 e. The van der Waals surface area contributed by atoms with Gasteiger partial charge in [-0.3, -0.25) is 9.69 Å². The third-order valence-corrected chi connectivity index (χ3v) is 9.02. The minimum absolute atomic E-state index is 0.0832. The van der Waals surface area contributed by atoms with E-state index < -0.39 is 5.92 Å². The van der Waals surface area contributed by atoms with Gasteiger partial charge in [0, 0.05) is 33.2 Å². The van der Waals surface area contributed by atoms with E-state index in [0.29, 0.717) is 34.9 Å². The Hall–Kier alpha value is -2.15. The van der Waals surface area contributed by atoms with E-state index in [9.17, 15) is 10.1 Å². The van der Waals surface area contributed by atoms with E-state index in [2.05, 4.69) is 43.1 Å². The van der Waals surface area contributed by atoms with Crippen molar-refractivity contribution in [2.45, 2.75) is 64.1 Å². The Kier molecular flexibility index (Phi) is 6.23. The molecule has 0 bridgehead atoms. The number of Topliss-reactive ketones (excluding diaryl/α,β-unsaturated/α-hetero) is 1. The van der Waals surface area contributed by atoms with Crippen LogP contribution in [0.1, 0.15) is 61.3 Å². The van der Waals surface area contributed by atoms with Crippen molar-refractivity contribution in [3.8, 4) is 6.07 Å². The molecule has 168 valence electrons. The summed E-state index contributed by atoms with van der Waals surface area (Å²) in [5, 5.41) is 19.5. The van der Waals surface area contributed by atoms with Crippen LogP contribution < -0.4 is 10.6 Å². The third kappa shape index (κ3) is 4.00. The largest absolute Gasteiger partial charge is 0.384 e. The van der Waals surface area contributed by atoms with Crippen LogP contribution in [0.15, 0.2) is 33.1 Å². The number of carbonyl (C=O) groups excluding carboxylic acids is 1. The Morgan fingerprint density at radius 3 is 2.69 bits per heavy atom. The average Bonchev–Trinajstić information content (AvgIpc) is 3.30. The molecule has 0 saturated carbocycles. The number of nitrogens with two attached hydrogens (primary N) is 1. The molecular weight excluding hydrogens is 458 g/mol. The summed E-state index contributed by atoms with van der Waals surface area (Å²) in [5.41, 5.74) is 9.44. The van der Waals surface area contributed by atoms with Gasteiger partial charge in [0.05, 0.1) is 17.6 Å². The highest BCUT2D eigenvalue weighted by Gasteiger charge is 2.46. The third-order valence-electron chi connectivity index (χ3n) is 5.79. The minimum Gasteiger partial charge on any atom is -0.384 e. The second-order valence-electron chi connectivity index (χ2n) is 9.05. The zero-order chi connectivity index (χ0) is 23.2. The second kappa shape index (κ2) is 8.65. The monoisotopic (exact) mass is 485 g/mol. The van der Waals surface area contributed by atoms with Crippen LogP contribution in [0.5, 0.6) is 0 Å². The molecule has 1 unspecified atom stereocenters. The zero-order valence-electron chi connectivity index (χ0n) is 19.0. The van der Waals surface area contributed by atoms with Crippen molar-refractivity contribution in [3.63, 3.8) is 0 Å². The summed E-state index contributed by atoms with van der Waals surface area (Å²) in [4.78, 5) is 17.6. The number of hydrogen-bond donors (Lipinski definition) is 1. The molecule has 4 rings (SSSR count). The molecule has 0 fully saturated rings. The van der Waals surface area contributed by atoms with Crippen molar-refractivity contribution in [3.05, 3.63) is 44.0 Å². The van der Waals surface area contributed by atoms with E-state index in [0.717, 1.165) is 37.5 Å². The first kappa shape index (κ1) is 23.0. The number of thioether (sulfide) groups is 1. The van der Waals surface area contributed by atoms with Crippen LogP contribution >= 0.6 is 34.4 Å². The number of ketones is 1. The maximum atomic E-state index is 13.5. The molecule has 0 aromatic carbocycles. The summed E-state index contributed by atoms with van der Waals surface area (Å²) in [6, 6.07) is 4.43. The molecule has 2 aliphatic rings. The summed E-state index contributed by atoms with van der Waals surface area (Å²) in [6.45, 7) is 10.4. The van der Waals surface area contributed by atoms with E-state index >= 15 is 0 Å². The zero-order valence-corrected chi connectivity index (χ0v) is 21.4. The number of thiophene rings is 1. The second-order valence-corrected chi connectivity index (χ2v) is 12.8. The van der Waals surface area contributed by atoms with Crippen LogP contribution in [0, 0.1) is 30.6 Å². The number of hydrogen-bond acceptors (Lipinski definition) is 9.